The zero-order valence-electron chi connectivity index (χ0n) is 7.77. The first-order valence-corrected chi connectivity index (χ1v) is 5.91. The zero-order valence-corrected chi connectivity index (χ0v) is 8.59. The summed E-state index contributed by atoms with van der Waals surface area (Å²) in [5.41, 5.74) is 0. The van der Waals surface area contributed by atoms with Gasteiger partial charge in [0.1, 0.15) is 0 Å². The number of rotatable bonds is 3. The number of nitrogens with one attached hydrogen (secondary N) is 2. The van der Waals surface area contributed by atoms with Gasteiger partial charge in [0, 0.05) is 25.3 Å². The maximum absolute atomic E-state index is 13.2. The number of pyridine rings is 1. The fraction of sp³-hybridized carbons (Fsp3) is 0.375. The molecule has 2 heterocycles. The fourth-order valence-corrected chi connectivity index (χ4v) is 2.46. The van der Waals surface area contributed by atoms with E-state index in [4.69, 9.17) is 0 Å². The smallest absolute Gasteiger partial charge is 0.261 e. The molecule has 0 spiro atoms. The first kappa shape index (κ1) is 10.5. The molecular formula is C8H10FN3O2S. The number of hydrogen-bond acceptors (Lipinski definition) is 4. The highest BCUT2D eigenvalue weighted by Gasteiger charge is 2.27. The molecule has 1 aliphatic rings. The Balaban J connectivity index is 2.24. The van der Waals surface area contributed by atoms with Crippen LogP contribution in [0.4, 0.5) is 4.39 Å². The summed E-state index contributed by atoms with van der Waals surface area (Å²) in [4.78, 5) is 3.52. The predicted octanol–water partition coefficient (Wildman–Crippen LogP) is -0.529. The van der Waals surface area contributed by atoms with Gasteiger partial charge in [0.2, 0.25) is 5.03 Å². The van der Waals surface area contributed by atoms with Gasteiger partial charge in [0.15, 0.2) is 5.82 Å². The van der Waals surface area contributed by atoms with E-state index >= 15 is 0 Å². The SMILES string of the molecule is O=S(=O)(NC1CNC1)c1ncccc1F. The molecule has 1 aliphatic heterocycles. The predicted molar refractivity (Wildman–Crippen MR) is 51.2 cm³/mol. The van der Waals surface area contributed by atoms with E-state index < -0.39 is 20.9 Å². The van der Waals surface area contributed by atoms with Gasteiger partial charge < -0.3 is 5.32 Å². The van der Waals surface area contributed by atoms with Crippen molar-refractivity contribution in [3.05, 3.63) is 24.1 Å². The van der Waals surface area contributed by atoms with Gasteiger partial charge in [-0.3, -0.25) is 0 Å². The highest BCUT2D eigenvalue weighted by Crippen LogP contribution is 2.10. The van der Waals surface area contributed by atoms with Crippen LogP contribution in [0.2, 0.25) is 0 Å². The molecule has 0 aliphatic carbocycles. The number of halogens is 1. The second-order valence-corrected chi connectivity index (χ2v) is 4.90. The normalized spacial score (nSPS) is 17.4. The Bertz CT molecular complexity index is 459. The second kappa shape index (κ2) is 3.84. The molecule has 0 amide bonds. The first-order valence-electron chi connectivity index (χ1n) is 4.43. The van der Waals surface area contributed by atoms with Crippen LogP contribution in [-0.4, -0.2) is 32.5 Å². The van der Waals surface area contributed by atoms with E-state index in [-0.39, 0.29) is 6.04 Å². The number of aromatic nitrogens is 1. The zero-order chi connectivity index (χ0) is 10.9. The van der Waals surface area contributed by atoms with E-state index in [0.29, 0.717) is 13.1 Å². The molecule has 0 unspecified atom stereocenters. The minimum absolute atomic E-state index is 0.170. The molecule has 1 fully saturated rings. The molecule has 0 aromatic carbocycles. The van der Waals surface area contributed by atoms with Gasteiger partial charge in [-0.05, 0) is 12.1 Å². The van der Waals surface area contributed by atoms with Crippen molar-refractivity contribution >= 4 is 10.0 Å². The van der Waals surface area contributed by atoms with Crippen LogP contribution >= 0.6 is 0 Å². The molecule has 0 radical (unpaired) electrons. The number of nitrogens with zero attached hydrogens (tertiary/aromatic N) is 1. The van der Waals surface area contributed by atoms with Crippen LogP contribution in [-0.2, 0) is 10.0 Å². The number of hydrogen-bond donors (Lipinski definition) is 2. The monoisotopic (exact) mass is 231 g/mol. The standard InChI is InChI=1S/C8H10FN3O2S/c9-7-2-1-3-11-8(7)15(13,14)12-6-4-10-5-6/h1-3,6,10,12H,4-5H2. The maximum atomic E-state index is 13.2. The minimum Gasteiger partial charge on any atom is -0.313 e. The van der Waals surface area contributed by atoms with E-state index in [1.807, 2.05) is 0 Å². The van der Waals surface area contributed by atoms with Crippen molar-refractivity contribution in [2.45, 2.75) is 11.1 Å². The Hall–Kier alpha value is -1.05. The van der Waals surface area contributed by atoms with E-state index in [9.17, 15) is 12.8 Å². The summed E-state index contributed by atoms with van der Waals surface area (Å²) < 4.78 is 38.7. The van der Waals surface area contributed by atoms with Crippen molar-refractivity contribution in [1.29, 1.82) is 0 Å². The average molecular weight is 231 g/mol. The van der Waals surface area contributed by atoms with Gasteiger partial charge in [0.05, 0.1) is 0 Å². The van der Waals surface area contributed by atoms with Crippen molar-refractivity contribution in [3.8, 4) is 0 Å². The lowest BCUT2D eigenvalue weighted by molar-refractivity contribution is 0.408. The molecule has 1 saturated heterocycles. The Labute approximate surface area is 86.8 Å². The van der Waals surface area contributed by atoms with E-state index in [0.717, 1.165) is 6.07 Å². The van der Waals surface area contributed by atoms with Gasteiger partial charge >= 0.3 is 0 Å². The highest BCUT2D eigenvalue weighted by atomic mass is 32.2. The van der Waals surface area contributed by atoms with Gasteiger partial charge in [-0.25, -0.2) is 22.5 Å². The third kappa shape index (κ3) is 2.14. The fourth-order valence-electron chi connectivity index (χ4n) is 1.22. The van der Waals surface area contributed by atoms with E-state index in [1.165, 1.54) is 12.3 Å². The van der Waals surface area contributed by atoms with Crippen molar-refractivity contribution < 1.29 is 12.8 Å². The lowest BCUT2D eigenvalue weighted by atomic mass is 10.2. The molecule has 1 aromatic heterocycles. The van der Waals surface area contributed by atoms with E-state index in [2.05, 4.69) is 15.0 Å². The molecule has 2 rings (SSSR count). The Morgan fingerprint density at radius 1 is 1.53 bits per heavy atom. The molecule has 7 heteroatoms. The van der Waals surface area contributed by atoms with Crippen LogP contribution in [0.15, 0.2) is 23.4 Å². The van der Waals surface area contributed by atoms with Gasteiger partial charge in [-0.15, -0.1) is 0 Å². The molecule has 5 nitrogen and oxygen atoms in total. The minimum atomic E-state index is -3.83. The molecule has 15 heavy (non-hydrogen) atoms. The van der Waals surface area contributed by atoms with Crippen LogP contribution in [0.3, 0.4) is 0 Å². The molecule has 0 bridgehead atoms. The van der Waals surface area contributed by atoms with Crippen molar-refractivity contribution in [1.82, 2.24) is 15.0 Å². The summed E-state index contributed by atoms with van der Waals surface area (Å²) in [6, 6.07) is 2.25. The van der Waals surface area contributed by atoms with Crippen LogP contribution < -0.4 is 10.0 Å². The Morgan fingerprint density at radius 2 is 2.27 bits per heavy atom. The summed E-state index contributed by atoms with van der Waals surface area (Å²) in [6.07, 6.45) is 1.25. The summed E-state index contributed by atoms with van der Waals surface area (Å²) in [5, 5.41) is 2.36. The van der Waals surface area contributed by atoms with Gasteiger partial charge in [-0.1, -0.05) is 0 Å². The highest BCUT2D eigenvalue weighted by molar-refractivity contribution is 7.89. The topological polar surface area (TPSA) is 71.1 Å². The van der Waals surface area contributed by atoms with Crippen molar-refractivity contribution in [2.24, 2.45) is 0 Å². The molecule has 0 saturated carbocycles. The summed E-state index contributed by atoms with van der Waals surface area (Å²) in [6.45, 7) is 1.13. The lowest BCUT2D eigenvalue weighted by Gasteiger charge is -2.27. The Morgan fingerprint density at radius 3 is 2.80 bits per heavy atom. The first-order chi connectivity index (χ1) is 7.09. The molecular weight excluding hydrogens is 221 g/mol. The Kier molecular flexibility index (Phi) is 2.68. The summed E-state index contributed by atoms with van der Waals surface area (Å²) in [5.74, 6) is -0.836. The molecule has 2 N–H and O–H groups in total. The largest absolute Gasteiger partial charge is 0.313 e. The summed E-state index contributed by atoms with van der Waals surface area (Å²) in [7, 11) is -3.83. The molecule has 82 valence electrons. The number of sulfonamides is 1. The van der Waals surface area contributed by atoms with Crippen LogP contribution in [0.1, 0.15) is 0 Å². The quantitative estimate of drug-likeness (QED) is 0.733. The van der Waals surface area contributed by atoms with Crippen molar-refractivity contribution in [3.63, 3.8) is 0 Å². The van der Waals surface area contributed by atoms with Crippen LogP contribution in [0.25, 0.3) is 0 Å². The second-order valence-electron chi connectivity index (χ2n) is 3.27. The van der Waals surface area contributed by atoms with Crippen molar-refractivity contribution in [2.75, 3.05) is 13.1 Å². The molecule has 0 atom stereocenters. The maximum Gasteiger partial charge on any atom is 0.261 e. The van der Waals surface area contributed by atoms with Crippen LogP contribution in [0, 0.1) is 5.82 Å². The molecule has 1 aromatic rings. The average Bonchev–Trinajstić information content (AvgIpc) is 2.12. The third-order valence-corrected chi connectivity index (χ3v) is 3.54. The summed E-state index contributed by atoms with van der Waals surface area (Å²) >= 11 is 0. The van der Waals surface area contributed by atoms with Gasteiger partial charge in [-0.2, -0.15) is 0 Å². The third-order valence-electron chi connectivity index (χ3n) is 2.08. The van der Waals surface area contributed by atoms with E-state index in [1.54, 1.807) is 0 Å². The van der Waals surface area contributed by atoms with Gasteiger partial charge in [0.25, 0.3) is 10.0 Å². The van der Waals surface area contributed by atoms with Crippen LogP contribution in [0.5, 0.6) is 0 Å². The lowest BCUT2D eigenvalue weighted by Crippen LogP contribution is -2.56.